The van der Waals surface area contributed by atoms with E-state index in [9.17, 15) is 15.3 Å². The Bertz CT molecular complexity index is 907. The van der Waals surface area contributed by atoms with Crippen molar-refractivity contribution < 1.29 is 15.3 Å². The quantitative estimate of drug-likeness (QED) is 0.703. The third-order valence-corrected chi connectivity index (χ3v) is 6.44. The molecule has 1 fully saturated rings. The number of aliphatic hydroxyl groups excluding tert-OH is 1. The molecule has 6 heteroatoms. The van der Waals surface area contributed by atoms with E-state index < -0.39 is 6.23 Å². The molecule has 162 valence electrons. The minimum absolute atomic E-state index is 0.0664. The fourth-order valence-corrected chi connectivity index (χ4v) is 4.49. The highest BCUT2D eigenvalue weighted by molar-refractivity contribution is 5.47. The van der Waals surface area contributed by atoms with Crippen molar-refractivity contribution in [2.45, 2.75) is 45.6 Å². The van der Waals surface area contributed by atoms with E-state index in [-0.39, 0.29) is 17.4 Å². The minimum atomic E-state index is -0.920. The fourth-order valence-electron chi connectivity index (χ4n) is 4.49. The van der Waals surface area contributed by atoms with Crippen LogP contribution in [0.4, 0.5) is 0 Å². The number of rotatable bonds is 5. The van der Waals surface area contributed by atoms with E-state index in [1.165, 1.54) is 22.8 Å². The van der Waals surface area contributed by atoms with Crippen LogP contribution in [0.5, 0.6) is 11.5 Å². The maximum Gasteiger partial charge on any atom is 0.137 e. The molecule has 2 aliphatic heterocycles. The predicted octanol–water partition coefficient (Wildman–Crippen LogP) is 2.98. The number of phenols is 2. The van der Waals surface area contributed by atoms with Crippen molar-refractivity contribution in [2.24, 2.45) is 0 Å². The molecule has 2 heterocycles. The first kappa shape index (κ1) is 21.1. The standard InChI is InChI=1S/C24H33N3O3/c1-16(2)20-11-21(23(29)12-22(20)28)24(30)27-14-18-5-4-17(10-19(18)15-27)13-26-8-6-25(3)7-9-26/h4-5,10-12,16,24,28-30H,6-9,13-15H2,1-3H3. The van der Waals surface area contributed by atoms with Gasteiger partial charge in [-0.15, -0.1) is 0 Å². The van der Waals surface area contributed by atoms with Gasteiger partial charge in [0.1, 0.15) is 17.7 Å². The second kappa shape index (κ2) is 8.55. The molecule has 4 rings (SSSR count). The van der Waals surface area contributed by atoms with Gasteiger partial charge in [0.2, 0.25) is 0 Å². The Hall–Kier alpha value is -2.12. The number of fused-ring (bicyclic) bond motifs is 1. The van der Waals surface area contributed by atoms with Crippen molar-refractivity contribution in [2.75, 3.05) is 33.2 Å². The zero-order valence-electron chi connectivity index (χ0n) is 18.2. The summed E-state index contributed by atoms with van der Waals surface area (Å²) in [4.78, 5) is 6.81. The van der Waals surface area contributed by atoms with Gasteiger partial charge in [-0.3, -0.25) is 9.80 Å². The normalized spacial score (nSPS) is 19.4. The average molecular weight is 412 g/mol. The SMILES string of the molecule is CC(C)c1cc(C(O)N2Cc3ccc(CN4CCN(C)CC4)cc3C2)c(O)cc1O. The van der Waals surface area contributed by atoms with Crippen molar-refractivity contribution >= 4 is 0 Å². The molecule has 6 nitrogen and oxygen atoms in total. The second-order valence-electron chi connectivity index (χ2n) is 9.09. The number of likely N-dealkylation sites (N-methyl/N-ethyl adjacent to an activating group) is 1. The molecule has 2 aromatic carbocycles. The summed E-state index contributed by atoms with van der Waals surface area (Å²) in [5, 5.41) is 31.4. The van der Waals surface area contributed by atoms with Crippen molar-refractivity contribution in [3.63, 3.8) is 0 Å². The Morgan fingerprint density at radius 3 is 2.23 bits per heavy atom. The van der Waals surface area contributed by atoms with Gasteiger partial charge in [-0.2, -0.15) is 0 Å². The number of phenolic OH excluding ortho intramolecular Hbond substituents is 2. The molecule has 0 amide bonds. The van der Waals surface area contributed by atoms with E-state index >= 15 is 0 Å². The number of piperazine rings is 1. The van der Waals surface area contributed by atoms with E-state index in [4.69, 9.17) is 0 Å². The van der Waals surface area contributed by atoms with Crippen LogP contribution in [0.15, 0.2) is 30.3 Å². The van der Waals surface area contributed by atoms with Crippen LogP contribution in [-0.2, 0) is 19.6 Å². The summed E-state index contributed by atoms with van der Waals surface area (Å²) in [6, 6.07) is 9.69. The van der Waals surface area contributed by atoms with Gasteiger partial charge in [0.15, 0.2) is 0 Å². The predicted molar refractivity (Wildman–Crippen MR) is 117 cm³/mol. The van der Waals surface area contributed by atoms with Crippen LogP contribution >= 0.6 is 0 Å². The van der Waals surface area contributed by atoms with Gasteiger partial charge in [0, 0.05) is 57.4 Å². The topological polar surface area (TPSA) is 70.4 Å². The first-order valence-electron chi connectivity index (χ1n) is 10.8. The minimum Gasteiger partial charge on any atom is -0.508 e. The summed E-state index contributed by atoms with van der Waals surface area (Å²) in [5.41, 5.74) is 4.95. The Balaban J connectivity index is 1.47. The van der Waals surface area contributed by atoms with Crippen molar-refractivity contribution in [1.82, 2.24) is 14.7 Å². The monoisotopic (exact) mass is 411 g/mol. The molecule has 3 N–H and O–H groups in total. The van der Waals surface area contributed by atoms with Gasteiger partial charge in [0.05, 0.1) is 0 Å². The lowest BCUT2D eigenvalue weighted by molar-refractivity contribution is -0.00339. The summed E-state index contributed by atoms with van der Waals surface area (Å²) in [6.07, 6.45) is -0.920. The highest BCUT2D eigenvalue weighted by atomic mass is 16.3. The maximum atomic E-state index is 11.0. The Labute approximate surface area is 179 Å². The van der Waals surface area contributed by atoms with E-state index in [0.717, 1.165) is 38.3 Å². The third-order valence-electron chi connectivity index (χ3n) is 6.44. The molecular weight excluding hydrogens is 378 g/mol. The van der Waals surface area contributed by atoms with E-state index in [1.54, 1.807) is 6.07 Å². The highest BCUT2D eigenvalue weighted by Crippen LogP contribution is 2.38. The average Bonchev–Trinajstić information content (AvgIpc) is 3.12. The lowest BCUT2D eigenvalue weighted by Gasteiger charge is -2.32. The van der Waals surface area contributed by atoms with Crippen LogP contribution in [-0.4, -0.2) is 63.2 Å². The molecule has 0 spiro atoms. The molecule has 0 aromatic heterocycles. The molecule has 0 saturated carbocycles. The smallest absolute Gasteiger partial charge is 0.137 e. The van der Waals surface area contributed by atoms with Crippen LogP contribution in [0.2, 0.25) is 0 Å². The summed E-state index contributed by atoms with van der Waals surface area (Å²) >= 11 is 0. The van der Waals surface area contributed by atoms with E-state index in [1.807, 2.05) is 18.7 Å². The summed E-state index contributed by atoms with van der Waals surface area (Å²) in [6.45, 7) is 10.6. The van der Waals surface area contributed by atoms with Gasteiger partial charge >= 0.3 is 0 Å². The van der Waals surface area contributed by atoms with Gasteiger partial charge in [-0.25, -0.2) is 0 Å². The largest absolute Gasteiger partial charge is 0.508 e. The zero-order chi connectivity index (χ0) is 21.4. The molecule has 0 aliphatic carbocycles. The molecule has 0 bridgehead atoms. The molecule has 30 heavy (non-hydrogen) atoms. The van der Waals surface area contributed by atoms with Gasteiger partial charge in [-0.05, 0) is 41.3 Å². The lowest BCUT2D eigenvalue weighted by atomic mass is 9.98. The number of aliphatic hydroxyl groups is 1. The molecule has 1 saturated heterocycles. The third kappa shape index (κ3) is 4.32. The first-order valence-corrected chi connectivity index (χ1v) is 10.8. The van der Waals surface area contributed by atoms with Gasteiger partial charge in [-0.1, -0.05) is 32.0 Å². The summed E-state index contributed by atoms with van der Waals surface area (Å²) in [5.74, 6) is 0.0947. The van der Waals surface area contributed by atoms with Crippen LogP contribution in [0.1, 0.15) is 53.8 Å². The van der Waals surface area contributed by atoms with Crippen molar-refractivity contribution in [1.29, 1.82) is 0 Å². The van der Waals surface area contributed by atoms with Crippen LogP contribution in [0, 0.1) is 0 Å². The number of hydrogen-bond donors (Lipinski definition) is 3. The summed E-state index contributed by atoms with van der Waals surface area (Å²) < 4.78 is 0. The van der Waals surface area contributed by atoms with Crippen molar-refractivity contribution in [3.05, 3.63) is 58.1 Å². The van der Waals surface area contributed by atoms with E-state index in [2.05, 4.69) is 35.0 Å². The molecular formula is C24H33N3O3. The highest BCUT2D eigenvalue weighted by Gasteiger charge is 2.28. The van der Waals surface area contributed by atoms with Crippen molar-refractivity contribution in [3.8, 4) is 11.5 Å². The number of benzene rings is 2. The lowest BCUT2D eigenvalue weighted by Crippen LogP contribution is -2.43. The van der Waals surface area contributed by atoms with Crippen LogP contribution in [0.3, 0.4) is 0 Å². The summed E-state index contributed by atoms with van der Waals surface area (Å²) in [7, 11) is 2.17. The number of nitrogens with zero attached hydrogens (tertiary/aromatic N) is 3. The second-order valence-corrected chi connectivity index (χ2v) is 9.09. The Morgan fingerprint density at radius 1 is 0.867 bits per heavy atom. The van der Waals surface area contributed by atoms with Gasteiger partial charge < -0.3 is 20.2 Å². The molecule has 0 radical (unpaired) electrons. The number of hydrogen-bond acceptors (Lipinski definition) is 6. The Kier molecular flexibility index (Phi) is 6.02. The fraction of sp³-hybridized carbons (Fsp3) is 0.500. The molecule has 2 aliphatic rings. The molecule has 2 aromatic rings. The molecule has 1 unspecified atom stereocenters. The van der Waals surface area contributed by atoms with Crippen LogP contribution < -0.4 is 0 Å². The van der Waals surface area contributed by atoms with Crippen LogP contribution in [0.25, 0.3) is 0 Å². The van der Waals surface area contributed by atoms with E-state index in [0.29, 0.717) is 18.7 Å². The number of aromatic hydroxyl groups is 2. The first-order chi connectivity index (χ1) is 14.3. The maximum absolute atomic E-state index is 11.0. The van der Waals surface area contributed by atoms with Gasteiger partial charge in [0.25, 0.3) is 0 Å². The molecule has 1 atom stereocenters. The zero-order valence-corrected chi connectivity index (χ0v) is 18.2. The Morgan fingerprint density at radius 2 is 1.53 bits per heavy atom.